The number of anilines is 1. The average molecular weight is 330 g/mol. The number of nitrogens with one attached hydrogen (secondary N) is 1. The van der Waals surface area contributed by atoms with E-state index in [1.807, 2.05) is 6.07 Å². The first-order valence-corrected chi connectivity index (χ1v) is 8.03. The Morgan fingerprint density at radius 2 is 1.96 bits per heavy atom. The second-order valence-electron chi connectivity index (χ2n) is 4.74. The van der Waals surface area contributed by atoms with E-state index in [2.05, 4.69) is 5.32 Å². The molecule has 0 saturated carbocycles. The minimum absolute atomic E-state index is 0.0599. The number of primary sulfonamides is 1. The molecule has 0 radical (unpaired) electrons. The predicted molar refractivity (Wildman–Crippen MR) is 85.4 cm³/mol. The molecular formula is C15H14N4O3S. The summed E-state index contributed by atoms with van der Waals surface area (Å²) in [6.07, 6.45) is 3.26. The van der Waals surface area contributed by atoms with E-state index in [0.717, 1.165) is 0 Å². The average Bonchev–Trinajstić information content (AvgIpc) is 2.89. The van der Waals surface area contributed by atoms with Gasteiger partial charge in [0.15, 0.2) is 0 Å². The molecule has 0 fully saturated rings. The first-order valence-electron chi connectivity index (χ1n) is 6.48. The predicted octanol–water partition coefficient (Wildman–Crippen LogP) is 1.22. The van der Waals surface area contributed by atoms with Crippen molar-refractivity contribution in [1.29, 1.82) is 5.26 Å². The van der Waals surface area contributed by atoms with Gasteiger partial charge in [-0.1, -0.05) is 0 Å². The van der Waals surface area contributed by atoms with E-state index < -0.39 is 15.9 Å². The number of aryl methyl sites for hydroxylation is 1. The van der Waals surface area contributed by atoms with Crippen LogP contribution in [0.5, 0.6) is 0 Å². The standard InChI is InChI=1S/C15H14N4O3S/c1-19-8-2-3-13(19)9-11(10-16)15(20)18-12-4-6-14(7-5-12)23(17,21)22/h2-9H,1H3,(H,18,20)(H2,17,21,22)/b11-9+. The van der Waals surface area contributed by atoms with Gasteiger partial charge >= 0.3 is 0 Å². The lowest BCUT2D eigenvalue weighted by Crippen LogP contribution is -2.15. The van der Waals surface area contributed by atoms with Crippen LogP contribution < -0.4 is 10.5 Å². The summed E-state index contributed by atoms with van der Waals surface area (Å²) in [5.41, 5.74) is 0.999. The van der Waals surface area contributed by atoms with Crippen molar-refractivity contribution >= 4 is 27.7 Å². The second-order valence-corrected chi connectivity index (χ2v) is 6.30. The lowest BCUT2D eigenvalue weighted by molar-refractivity contribution is -0.112. The largest absolute Gasteiger partial charge is 0.351 e. The minimum Gasteiger partial charge on any atom is -0.351 e. The lowest BCUT2D eigenvalue weighted by Gasteiger charge is -2.05. The van der Waals surface area contributed by atoms with Gasteiger partial charge in [-0.25, -0.2) is 13.6 Å². The molecule has 0 bridgehead atoms. The van der Waals surface area contributed by atoms with Gasteiger partial charge in [-0.15, -0.1) is 0 Å². The van der Waals surface area contributed by atoms with E-state index in [0.29, 0.717) is 11.4 Å². The molecule has 1 aromatic carbocycles. The number of nitrogens with two attached hydrogens (primary N) is 1. The summed E-state index contributed by atoms with van der Waals surface area (Å²) in [4.78, 5) is 12.0. The number of aromatic nitrogens is 1. The molecule has 2 aromatic rings. The number of nitriles is 1. The normalized spacial score (nSPS) is 11.8. The lowest BCUT2D eigenvalue weighted by atomic mass is 10.2. The molecule has 1 aromatic heterocycles. The molecule has 3 N–H and O–H groups in total. The van der Waals surface area contributed by atoms with Crippen molar-refractivity contribution in [2.75, 3.05) is 5.32 Å². The third kappa shape index (κ3) is 4.06. The molecule has 7 nitrogen and oxygen atoms in total. The first kappa shape index (κ1) is 16.5. The SMILES string of the molecule is Cn1cccc1/C=C(\C#N)C(=O)Nc1ccc(S(N)(=O)=O)cc1. The molecule has 118 valence electrons. The number of carbonyl (C=O) groups excluding carboxylic acids is 1. The number of hydrogen-bond donors (Lipinski definition) is 2. The third-order valence-electron chi connectivity index (χ3n) is 3.08. The van der Waals surface area contributed by atoms with E-state index >= 15 is 0 Å². The highest BCUT2D eigenvalue weighted by Gasteiger charge is 2.12. The Morgan fingerprint density at radius 1 is 1.30 bits per heavy atom. The zero-order valence-corrected chi connectivity index (χ0v) is 13.0. The summed E-state index contributed by atoms with van der Waals surface area (Å²) in [6, 6.07) is 10.8. The maximum Gasteiger partial charge on any atom is 0.266 e. The summed E-state index contributed by atoms with van der Waals surface area (Å²) in [7, 11) is -1.99. The highest BCUT2D eigenvalue weighted by atomic mass is 32.2. The molecular weight excluding hydrogens is 316 g/mol. The molecule has 0 atom stereocenters. The van der Waals surface area contributed by atoms with Crippen LogP contribution >= 0.6 is 0 Å². The van der Waals surface area contributed by atoms with Crippen molar-refractivity contribution in [2.45, 2.75) is 4.90 Å². The molecule has 1 heterocycles. The molecule has 0 aliphatic heterocycles. The van der Waals surface area contributed by atoms with E-state index in [1.165, 1.54) is 30.3 Å². The number of amides is 1. The van der Waals surface area contributed by atoms with Gasteiger partial charge in [0.25, 0.3) is 5.91 Å². The minimum atomic E-state index is -3.79. The third-order valence-corrected chi connectivity index (χ3v) is 4.01. The Labute approximate surface area is 133 Å². The maximum atomic E-state index is 12.1. The van der Waals surface area contributed by atoms with Gasteiger partial charge in [-0.05, 0) is 42.5 Å². The summed E-state index contributed by atoms with van der Waals surface area (Å²) in [5.74, 6) is -0.586. The van der Waals surface area contributed by atoms with Crippen LogP contribution in [0.15, 0.2) is 53.1 Å². The molecule has 2 rings (SSSR count). The zero-order chi connectivity index (χ0) is 17.0. The van der Waals surface area contributed by atoms with Crippen LogP contribution in [0.3, 0.4) is 0 Å². The van der Waals surface area contributed by atoms with Crippen LogP contribution in [0, 0.1) is 11.3 Å². The van der Waals surface area contributed by atoms with Crippen LogP contribution in [0.25, 0.3) is 6.08 Å². The van der Waals surface area contributed by atoms with Gasteiger partial charge in [0.05, 0.1) is 4.90 Å². The number of carbonyl (C=O) groups is 1. The van der Waals surface area contributed by atoms with Gasteiger partial charge in [0.1, 0.15) is 11.6 Å². The molecule has 23 heavy (non-hydrogen) atoms. The van der Waals surface area contributed by atoms with E-state index in [-0.39, 0.29) is 10.5 Å². The summed E-state index contributed by atoms with van der Waals surface area (Å²) >= 11 is 0. The van der Waals surface area contributed by atoms with Crippen molar-refractivity contribution in [3.05, 3.63) is 53.9 Å². The van der Waals surface area contributed by atoms with Crippen LogP contribution in [-0.4, -0.2) is 18.9 Å². The van der Waals surface area contributed by atoms with Crippen LogP contribution in [0.1, 0.15) is 5.69 Å². The van der Waals surface area contributed by atoms with Gasteiger partial charge in [-0.2, -0.15) is 5.26 Å². The first-order chi connectivity index (χ1) is 10.8. The fourth-order valence-corrected chi connectivity index (χ4v) is 2.36. The van der Waals surface area contributed by atoms with E-state index in [9.17, 15) is 13.2 Å². The Morgan fingerprint density at radius 3 is 2.43 bits per heavy atom. The Kier molecular flexibility index (Phi) is 4.64. The van der Waals surface area contributed by atoms with Crippen molar-refractivity contribution in [1.82, 2.24) is 4.57 Å². The van der Waals surface area contributed by atoms with Crippen LogP contribution in [-0.2, 0) is 21.9 Å². The number of hydrogen-bond acceptors (Lipinski definition) is 4. The summed E-state index contributed by atoms with van der Waals surface area (Å²) in [6.45, 7) is 0. The number of sulfonamides is 1. The van der Waals surface area contributed by atoms with E-state index in [4.69, 9.17) is 10.4 Å². The topological polar surface area (TPSA) is 118 Å². The van der Waals surface area contributed by atoms with Crippen molar-refractivity contribution in [3.63, 3.8) is 0 Å². The molecule has 0 spiro atoms. The van der Waals surface area contributed by atoms with Crippen molar-refractivity contribution in [2.24, 2.45) is 12.2 Å². The van der Waals surface area contributed by atoms with Crippen molar-refractivity contribution in [3.8, 4) is 6.07 Å². The summed E-state index contributed by atoms with van der Waals surface area (Å²) < 4.78 is 24.1. The van der Waals surface area contributed by atoms with Gasteiger partial charge < -0.3 is 9.88 Å². The molecule has 0 aliphatic rings. The quantitative estimate of drug-likeness (QED) is 0.647. The highest BCUT2D eigenvalue weighted by molar-refractivity contribution is 7.89. The monoisotopic (exact) mass is 330 g/mol. The van der Waals surface area contributed by atoms with Crippen LogP contribution in [0.4, 0.5) is 5.69 Å². The molecule has 0 saturated heterocycles. The van der Waals surface area contributed by atoms with Gasteiger partial charge in [0.2, 0.25) is 10.0 Å². The van der Waals surface area contributed by atoms with Gasteiger partial charge in [-0.3, -0.25) is 4.79 Å². The molecule has 0 aliphatic carbocycles. The fourth-order valence-electron chi connectivity index (χ4n) is 1.85. The number of rotatable bonds is 4. The van der Waals surface area contributed by atoms with Crippen molar-refractivity contribution < 1.29 is 13.2 Å². The fraction of sp³-hybridized carbons (Fsp3) is 0.0667. The van der Waals surface area contributed by atoms with Gasteiger partial charge in [0, 0.05) is 24.6 Å². The Balaban J connectivity index is 2.19. The molecule has 8 heteroatoms. The zero-order valence-electron chi connectivity index (χ0n) is 12.2. The Hall–Kier alpha value is -2.89. The Bertz CT molecular complexity index is 903. The highest BCUT2D eigenvalue weighted by Crippen LogP contribution is 2.14. The van der Waals surface area contributed by atoms with E-state index in [1.54, 1.807) is 29.9 Å². The number of benzene rings is 1. The second kappa shape index (κ2) is 6.48. The number of nitrogens with zero attached hydrogens (tertiary/aromatic N) is 2. The summed E-state index contributed by atoms with van der Waals surface area (Å²) in [5, 5.41) is 16.7. The molecule has 0 unspecified atom stereocenters. The maximum absolute atomic E-state index is 12.1. The van der Waals surface area contributed by atoms with Crippen LogP contribution in [0.2, 0.25) is 0 Å². The smallest absolute Gasteiger partial charge is 0.266 e. The molecule has 1 amide bonds.